The van der Waals surface area contributed by atoms with Gasteiger partial charge in [0.25, 0.3) is 0 Å². The van der Waals surface area contributed by atoms with Crippen LogP contribution in [0.1, 0.15) is 22.0 Å². The molecule has 3 nitrogen and oxygen atoms in total. The van der Waals surface area contributed by atoms with Gasteiger partial charge in [0.2, 0.25) is 0 Å². The Bertz CT molecular complexity index is 627. The van der Waals surface area contributed by atoms with Crippen LogP contribution in [0.5, 0.6) is 5.75 Å². The van der Waals surface area contributed by atoms with Crippen LogP contribution in [0, 0.1) is 5.82 Å². The predicted molar refractivity (Wildman–Crippen MR) is 71.4 cm³/mol. The molecule has 2 rings (SSSR count). The molecule has 1 aromatic carbocycles. The fourth-order valence-corrected chi connectivity index (χ4v) is 2.82. The van der Waals surface area contributed by atoms with Crippen LogP contribution >= 0.6 is 11.3 Å². The van der Waals surface area contributed by atoms with E-state index in [0.29, 0.717) is 22.3 Å². The quantitative estimate of drug-likeness (QED) is 0.515. The number of halogens is 4. The fourth-order valence-electron chi connectivity index (χ4n) is 1.88. The number of hydrazine groups is 1. The predicted octanol–water partition coefficient (Wildman–Crippen LogP) is 3.47. The van der Waals surface area contributed by atoms with E-state index >= 15 is 0 Å². The van der Waals surface area contributed by atoms with Crippen molar-refractivity contribution in [3.63, 3.8) is 0 Å². The number of ether oxygens (including phenoxy) is 1. The minimum Gasteiger partial charge on any atom is -0.496 e. The first-order chi connectivity index (χ1) is 9.86. The zero-order valence-electron chi connectivity index (χ0n) is 10.9. The Labute approximate surface area is 122 Å². The van der Waals surface area contributed by atoms with Gasteiger partial charge in [-0.2, -0.15) is 13.2 Å². The summed E-state index contributed by atoms with van der Waals surface area (Å²) >= 11 is 1.31. The molecule has 1 aromatic heterocycles. The second kappa shape index (κ2) is 6.00. The van der Waals surface area contributed by atoms with Gasteiger partial charge in [-0.25, -0.2) is 9.82 Å². The van der Waals surface area contributed by atoms with Gasteiger partial charge in [-0.05, 0) is 23.8 Å². The van der Waals surface area contributed by atoms with E-state index in [1.807, 2.05) is 0 Å². The van der Waals surface area contributed by atoms with Crippen molar-refractivity contribution in [3.05, 3.63) is 51.5 Å². The molecule has 1 unspecified atom stereocenters. The summed E-state index contributed by atoms with van der Waals surface area (Å²) in [6.07, 6.45) is -4.72. The van der Waals surface area contributed by atoms with Crippen molar-refractivity contribution >= 4 is 11.3 Å². The van der Waals surface area contributed by atoms with Crippen LogP contribution in [-0.4, -0.2) is 7.11 Å². The molecule has 0 saturated heterocycles. The molecular weight excluding hydrogens is 308 g/mol. The lowest BCUT2D eigenvalue weighted by molar-refractivity contribution is -0.140. The van der Waals surface area contributed by atoms with Crippen LogP contribution in [0.4, 0.5) is 17.6 Å². The average Bonchev–Trinajstić information content (AvgIpc) is 2.87. The Hall–Kier alpha value is -1.64. The highest BCUT2D eigenvalue weighted by Crippen LogP contribution is 2.35. The lowest BCUT2D eigenvalue weighted by atomic mass is 10.0. The van der Waals surface area contributed by atoms with Crippen LogP contribution in [0.15, 0.2) is 29.6 Å². The van der Waals surface area contributed by atoms with Gasteiger partial charge < -0.3 is 4.74 Å². The van der Waals surface area contributed by atoms with Gasteiger partial charge in [0, 0.05) is 10.3 Å². The van der Waals surface area contributed by atoms with Crippen LogP contribution in [0.2, 0.25) is 0 Å². The summed E-state index contributed by atoms with van der Waals surface area (Å²) in [6.45, 7) is 0. The van der Waals surface area contributed by atoms with Crippen LogP contribution < -0.4 is 16.0 Å². The number of rotatable bonds is 4. The van der Waals surface area contributed by atoms with Crippen LogP contribution in [-0.2, 0) is 6.18 Å². The summed E-state index contributed by atoms with van der Waals surface area (Å²) in [6, 6.07) is 3.81. The molecule has 0 amide bonds. The standard InChI is InChI=1S/C13H12F4N2OS/c1-20-8-5-11(21-6-8)12(19-18)7-2-3-9(10(14)4-7)13(15,16)17/h2-6,12,19H,18H2,1H3. The monoisotopic (exact) mass is 320 g/mol. The minimum atomic E-state index is -4.72. The Morgan fingerprint density at radius 1 is 1.29 bits per heavy atom. The van der Waals surface area contributed by atoms with Crippen molar-refractivity contribution in [2.45, 2.75) is 12.2 Å². The van der Waals surface area contributed by atoms with Gasteiger partial charge in [-0.1, -0.05) is 6.07 Å². The normalized spacial score (nSPS) is 13.2. The molecule has 21 heavy (non-hydrogen) atoms. The van der Waals surface area contributed by atoms with Crippen molar-refractivity contribution in [1.29, 1.82) is 0 Å². The van der Waals surface area contributed by atoms with E-state index < -0.39 is 23.6 Å². The fraction of sp³-hybridized carbons (Fsp3) is 0.231. The summed E-state index contributed by atoms with van der Waals surface area (Å²) < 4.78 is 56.3. The molecule has 8 heteroatoms. The number of alkyl halides is 3. The molecule has 1 atom stereocenters. The molecule has 114 valence electrons. The zero-order valence-corrected chi connectivity index (χ0v) is 11.7. The smallest absolute Gasteiger partial charge is 0.419 e. The zero-order chi connectivity index (χ0) is 15.6. The van der Waals surface area contributed by atoms with Gasteiger partial charge in [-0.15, -0.1) is 11.3 Å². The maximum absolute atomic E-state index is 13.6. The highest BCUT2D eigenvalue weighted by Gasteiger charge is 2.34. The molecule has 0 aliphatic heterocycles. The molecule has 0 spiro atoms. The maximum Gasteiger partial charge on any atom is 0.419 e. The third kappa shape index (κ3) is 3.34. The number of nitrogens with one attached hydrogen (secondary N) is 1. The lowest BCUT2D eigenvalue weighted by Gasteiger charge is -2.16. The van der Waals surface area contributed by atoms with E-state index in [1.165, 1.54) is 24.5 Å². The lowest BCUT2D eigenvalue weighted by Crippen LogP contribution is -2.28. The first-order valence-electron chi connectivity index (χ1n) is 5.82. The Morgan fingerprint density at radius 2 is 2.00 bits per heavy atom. The number of nitrogens with two attached hydrogens (primary N) is 1. The Morgan fingerprint density at radius 3 is 2.48 bits per heavy atom. The van der Waals surface area contributed by atoms with E-state index in [0.717, 1.165) is 6.07 Å². The van der Waals surface area contributed by atoms with E-state index in [1.54, 1.807) is 11.4 Å². The van der Waals surface area contributed by atoms with Crippen molar-refractivity contribution in [2.24, 2.45) is 5.84 Å². The highest BCUT2D eigenvalue weighted by atomic mass is 32.1. The van der Waals surface area contributed by atoms with Gasteiger partial charge in [0.15, 0.2) is 0 Å². The highest BCUT2D eigenvalue weighted by molar-refractivity contribution is 7.10. The Kier molecular flexibility index (Phi) is 4.50. The molecule has 0 aliphatic rings. The second-order valence-corrected chi connectivity index (χ2v) is 5.17. The number of thiophene rings is 1. The molecule has 3 N–H and O–H groups in total. The molecule has 0 fully saturated rings. The molecule has 2 aromatic rings. The molecule has 0 radical (unpaired) electrons. The first-order valence-corrected chi connectivity index (χ1v) is 6.70. The number of benzene rings is 1. The van der Waals surface area contributed by atoms with Crippen LogP contribution in [0.25, 0.3) is 0 Å². The number of methoxy groups -OCH3 is 1. The summed E-state index contributed by atoms with van der Waals surface area (Å²) in [5.41, 5.74) is 1.46. The first kappa shape index (κ1) is 15.7. The summed E-state index contributed by atoms with van der Waals surface area (Å²) in [5, 5.41) is 1.72. The third-order valence-electron chi connectivity index (χ3n) is 2.91. The second-order valence-electron chi connectivity index (χ2n) is 4.23. The topological polar surface area (TPSA) is 47.3 Å². The van der Waals surface area contributed by atoms with Gasteiger partial charge in [-0.3, -0.25) is 5.84 Å². The SMILES string of the molecule is COc1csc(C(NN)c2ccc(C(F)(F)F)c(F)c2)c1. The van der Waals surface area contributed by atoms with Crippen molar-refractivity contribution in [3.8, 4) is 5.75 Å². The average molecular weight is 320 g/mol. The van der Waals surface area contributed by atoms with E-state index in [-0.39, 0.29) is 0 Å². The molecule has 0 aliphatic carbocycles. The largest absolute Gasteiger partial charge is 0.496 e. The number of hydrogen-bond acceptors (Lipinski definition) is 4. The van der Waals surface area contributed by atoms with Crippen molar-refractivity contribution in [1.82, 2.24) is 5.43 Å². The maximum atomic E-state index is 13.6. The Balaban J connectivity index is 2.37. The summed E-state index contributed by atoms with van der Waals surface area (Å²) in [4.78, 5) is 0.702. The van der Waals surface area contributed by atoms with E-state index in [2.05, 4.69) is 5.43 Å². The van der Waals surface area contributed by atoms with Gasteiger partial charge >= 0.3 is 6.18 Å². The number of hydrogen-bond donors (Lipinski definition) is 2. The summed E-state index contributed by atoms with van der Waals surface area (Å²) in [7, 11) is 1.49. The van der Waals surface area contributed by atoms with Crippen molar-refractivity contribution in [2.75, 3.05) is 7.11 Å². The molecule has 1 heterocycles. The van der Waals surface area contributed by atoms with Crippen LogP contribution in [0.3, 0.4) is 0 Å². The molecule has 0 saturated carbocycles. The minimum absolute atomic E-state index is 0.299. The van der Waals surface area contributed by atoms with E-state index in [4.69, 9.17) is 10.6 Å². The molecular formula is C13H12F4N2OS. The molecule has 0 bridgehead atoms. The van der Waals surface area contributed by atoms with Gasteiger partial charge in [0.1, 0.15) is 11.6 Å². The van der Waals surface area contributed by atoms with Crippen molar-refractivity contribution < 1.29 is 22.3 Å². The van der Waals surface area contributed by atoms with E-state index in [9.17, 15) is 17.6 Å². The third-order valence-corrected chi connectivity index (χ3v) is 3.89. The van der Waals surface area contributed by atoms with Gasteiger partial charge in [0.05, 0.1) is 18.7 Å². The summed E-state index contributed by atoms with van der Waals surface area (Å²) in [5.74, 6) is 4.70.